The van der Waals surface area contributed by atoms with Crippen molar-refractivity contribution in [1.29, 1.82) is 0 Å². The van der Waals surface area contributed by atoms with Crippen molar-refractivity contribution in [1.82, 2.24) is 5.32 Å². The van der Waals surface area contributed by atoms with Gasteiger partial charge in [0.2, 0.25) is 0 Å². The van der Waals surface area contributed by atoms with Crippen LogP contribution in [0.15, 0.2) is 24.3 Å². The average Bonchev–Trinajstić information content (AvgIpc) is 2.42. The first-order valence-corrected chi connectivity index (χ1v) is 8.38. The molecule has 0 aliphatic carbocycles. The molecule has 1 aromatic rings. The summed E-state index contributed by atoms with van der Waals surface area (Å²) in [7, 11) is 0. The molecule has 0 spiro atoms. The number of aliphatic hydroxyl groups excluding tert-OH is 1. The fourth-order valence-electron chi connectivity index (χ4n) is 2.46. The van der Waals surface area contributed by atoms with Gasteiger partial charge in [-0.2, -0.15) is 0 Å². The number of hydrogen-bond donors (Lipinski definition) is 2. The van der Waals surface area contributed by atoms with E-state index in [1.165, 1.54) is 12.0 Å². The van der Waals surface area contributed by atoms with E-state index in [0.717, 1.165) is 24.3 Å². The minimum atomic E-state index is -0.417. The van der Waals surface area contributed by atoms with Gasteiger partial charge in [0.1, 0.15) is 0 Å². The summed E-state index contributed by atoms with van der Waals surface area (Å²) in [5.74, 6) is 1.41. The van der Waals surface area contributed by atoms with Crippen molar-refractivity contribution >= 4 is 0 Å². The van der Waals surface area contributed by atoms with Gasteiger partial charge in [-0.25, -0.2) is 0 Å². The summed E-state index contributed by atoms with van der Waals surface area (Å²) in [6, 6.07) is 8.86. The van der Waals surface area contributed by atoms with E-state index >= 15 is 0 Å². The van der Waals surface area contributed by atoms with Crippen molar-refractivity contribution < 1.29 is 5.11 Å². The molecule has 0 heterocycles. The lowest BCUT2D eigenvalue weighted by atomic mass is 10.00. The lowest BCUT2D eigenvalue weighted by molar-refractivity contribution is 0.169. The highest BCUT2D eigenvalue weighted by atomic mass is 16.3. The SMILES string of the molecule is CC(C)CCC(C)NCC(O)c1ccc(CC(C)C)cc1. The topological polar surface area (TPSA) is 32.3 Å². The molecule has 2 atom stereocenters. The molecule has 2 heteroatoms. The summed E-state index contributed by atoms with van der Waals surface area (Å²) >= 11 is 0. The van der Waals surface area contributed by atoms with Crippen molar-refractivity contribution in [2.75, 3.05) is 6.54 Å². The van der Waals surface area contributed by atoms with Crippen molar-refractivity contribution in [3.8, 4) is 0 Å². The van der Waals surface area contributed by atoms with Crippen LogP contribution in [0.2, 0.25) is 0 Å². The van der Waals surface area contributed by atoms with Gasteiger partial charge < -0.3 is 10.4 Å². The summed E-state index contributed by atoms with van der Waals surface area (Å²) < 4.78 is 0. The maximum atomic E-state index is 10.3. The molecule has 120 valence electrons. The fraction of sp³-hybridized carbons (Fsp3) is 0.684. The average molecular weight is 291 g/mol. The zero-order valence-electron chi connectivity index (χ0n) is 14.4. The zero-order chi connectivity index (χ0) is 15.8. The molecule has 2 unspecified atom stereocenters. The van der Waals surface area contributed by atoms with Gasteiger partial charge >= 0.3 is 0 Å². The van der Waals surface area contributed by atoms with E-state index in [0.29, 0.717) is 18.5 Å². The summed E-state index contributed by atoms with van der Waals surface area (Å²) in [6.45, 7) is 11.8. The minimum Gasteiger partial charge on any atom is -0.387 e. The van der Waals surface area contributed by atoms with Gasteiger partial charge in [0.05, 0.1) is 6.10 Å². The van der Waals surface area contributed by atoms with Gasteiger partial charge in [0, 0.05) is 12.6 Å². The number of hydrogen-bond acceptors (Lipinski definition) is 2. The highest BCUT2D eigenvalue weighted by molar-refractivity contribution is 5.24. The van der Waals surface area contributed by atoms with Gasteiger partial charge in [0.15, 0.2) is 0 Å². The first-order valence-electron chi connectivity index (χ1n) is 8.38. The monoisotopic (exact) mass is 291 g/mol. The Labute approximate surface area is 131 Å². The Kier molecular flexibility index (Phi) is 7.98. The van der Waals surface area contributed by atoms with Crippen LogP contribution < -0.4 is 5.32 Å². The number of nitrogens with one attached hydrogen (secondary N) is 1. The van der Waals surface area contributed by atoms with E-state index in [2.05, 4.69) is 64.2 Å². The molecule has 0 fully saturated rings. The normalized spacial score (nSPS) is 14.7. The summed E-state index contributed by atoms with van der Waals surface area (Å²) in [5.41, 5.74) is 2.35. The molecule has 1 rings (SSSR count). The Morgan fingerprint density at radius 2 is 1.52 bits per heavy atom. The van der Waals surface area contributed by atoms with E-state index in [4.69, 9.17) is 0 Å². The van der Waals surface area contributed by atoms with Crippen LogP contribution in [0.3, 0.4) is 0 Å². The molecular weight excluding hydrogens is 258 g/mol. The van der Waals surface area contributed by atoms with Gasteiger partial charge in [-0.1, -0.05) is 52.0 Å². The van der Waals surface area contributed by atoms with E-state index in [1.807, 2.05) is 0 Å². The number of rotatable bonds is 9. The molecule has 0 aliphatic heterocycles. The first kappa shape index (κ1) is 18.2. The molecule has 0 amide bonds. The van der Waals surface area contributed by atoms with Crippen molar-refractivity contribution in [3.63, 3.8) is 0 Å². The molecule has 0 saturated heterocycles. The standard InChI is InChI=1S/C19H33NO/c1-14(2)6-7-16(5)20-13-19(21)18-10-8-17(9-11-18)12-15(3)4/h8-11,14-16,19-21H,6-7,12-13H2,1-5H3. The highest BCUT2D eigenvalue weighted by Crippen LogP contribution is 2.16. The molecular formula is C19H33NO. The summed E-state index contributed by atoms with van der Waals surface area (Å²) in [6.07, 6.45) is 3.08. The second-order valence-electron chi connectivity index (χ2n) is 7.14. The third-order valence-corrected chi connectivity index (χ3v) is 3.85. The molecule has 0 bridgehead atoms. The Balaban J connectivity index is 2.39. The van der Waals surface area contributed by atoms with E-state index in [9.17, 15) is 5.11 Å². The smallest absolute Gasteiger partial charge is 0.0914 e. The minimum absolute atomic E-state index is 0.417. The van der Waals surface area contributed by atoms with E-state index < -0.39 is 6.10 Å². The molecule has 0 aromatic heterocycles. The van der Waals surface area contributed by atoms with Gasteiger partial charge in [0.25, 0.3) is 0 Å². The largest absolute Gasteiger partial charge is 0.387 e. The Morgan fingerprint density at radius 3 is 2.05 bits per heavy atom. The van der Waals surface area contributed by atoms with Crippen LogP contribution in [0.1, 0.15) is 64.7 Å². The van der Waals surface area contributed by atoms with Gasteiger partial charge in [-0.3, -0.25) is 0 Å². The number of aliphatic hydroxyl groups is 1. The molecule has 2 N–H and O–H groups in total. The van der Waals surface area contributed by atoms with Crippen LogP contribution in [0, 0.1) is 11.8 Å². The molecule has 1 aromatic carbocycles. The third kappa shape index (κ3) is 7.63. The predicted molar refractivity (Wildman–Crippen MR) is 91.5 cm³/mol. The second-order valence-corrected chi connectivity index (χ2v) is 7.14. The molecule has 21 heavy (non-hydrogen) atoms. The van der Waals surface area contributed by atoms with Crippen LogP contribution in [0.4, 0.5) is 0 Å². The van der Waals surface area contributed by atoms with Crippen molar-refractivity contribution in [3.05, 3.63) is 35.4 Å². The Hall–Kier alpha value is -0.860. The summed E-state index contributed by atoms with van der Waals surface area (Å²) in [4.78, 5) is 0. The molecule has 2 nitrogen and oxygen atoms in total. The zero-order valence-corrected chi connectivity index (χ0v) is 14.4. The molecule has 0 saturated carbocycles. The first-order chi connectivity index (χ1) is 9.88. The molecule has 0 aliphatic rings. The van der Waals surface area contributed by atoms with Crippen LogP contribution in [0.5, 0.6) is 0 Å². The van der Waals surface area contributed by atoms with Crippen LogP contribution in [-0.4, -0.2) is 17.7 Å². The Morgan fingerprint density at radius 1 is 0.905 bits per heavy atom. The highest BCUT2D eigenvalue weighted by Gasteiger charge is 2.10. The van der Waals surface area contributed by atoms with Crippen LogP contribution >= 0.6 is 0 Å². The van der Waals surface area contributed by atoms with Gasteiger partial charge in [-0.15, -0.1) is 0 Å². The Bertz CT molecular complexity index is 383. The maximum Gasteiger partial charge on any atom is 0.0914 e. The predicted octanol–water partition coefficient (Wildman–Crippen LogP) is 4.33. The lowest BCUT2D eigenvalue weighted by Gasteiger charge is -2.18. The number of benzene rings is 1. The van der Waals surface area contributed by atoms with E-state index in [-0.39, 0.29) is 0 Å². The summed E-state index contributed by atoms with van der Waals surface area (Å²) in [5, 5.41) is 13.7. The van der Waals surface area contributed by atoms with Crippen LogP contribution in [-0.2, 0) is 6.42 Å². The molecule has 0 radical (unpaired) electrons. The lowest BCUT2D eigenvalue weighted by Crippen LogP contribution is -2.30. The quantitative estimate of drug-likeness (QED) is 0.709. The fourth-order valence-corrected chi connectivity index (χ4v) is 2.46. The third-order valence-electron chi connectivity index (χ3n) is 3.85. The van der Waals surface area contributed by atoms with E-state index in [1.54, 1.807) is 0 Å². The van der Waals surface area contributed by atoms with Crippen molar-refractivity contribution in [2.45, 2.75) is 66.0 Å². The van der Waals surface area contributed by atoms with Crippen LogP contribution in [0.25, 0.3) is 0 Å². The second kappa shape index (κ2) is 9.22. The maximum absolute atomic E-state index is 10.3. The van der Waals surface area contributed by atoms with Crippen molar-refractivity contribution in [2.24, 2.45) is 11.8 Å². The van der Waals surface area contributed by atoms with Gasteiger partial charge in [-0.05, 0) is 49.1 Å².